The Hall–Kier alpha value is -2.91. The third-order valence-electron chi connectivity index (χ3n) is 3.10. The normalized spacial score (nSPS) is 9.88. The molecular formula is C17H13ClFN3O2. The Morgan fingerprint density at radius 2 is 1.96 bits per heavy atom. The molecule has 0 aromatic heterocycles. The number of hydrogen-bond acceptors (Lipinski definition) is 3. The second kappa shape index (κ2) is 8.09. The Kier molecular flexibility index (Phi) is 5.88. The maximum absolute atomic E-state index is 13.7. The van der Waals surface area contributed by atoms with Crippen LogP contribution in [0.3, 0.4) is 0 Å². The third-order valence-corrected chi connectivity index (χ3v) is 3.42. The number of hydrogen-bond donors (Lipinski definition) is 2. The van der Waals surface area contributed by atoms with Gasteiger partial charge < -0.3 is 10.6 Å². The van der Waals surface area contributed by atoms with Gasteiger partial charge in [-0.1, -0.05) is 29.8 Å². The lowest BCUT2D eigenvalue weighted by atomic mass is 10.1. The lowest BCUT2D eigenvalue weighted by Crippen LogP contribution is -2.22. The Labute approximate surface area is 143 Å². The van der Waals surface area contributed by atoms with Gasteiger partial charge in [0, 0.05) is 12.2 Å². The molecule has 0 unspecified atom stereocenters. The van der Waals surface area contributed by atoms with Crippen molar-refractivity contribution in [2.75, 3.05) is 5.32 Å². The van der Waals surface area contributed by atoms with Crippen LogP contribution in [0.4, 0.5) is 10.1 Å². The number of rotatable bonds is 5. The van der Waals surface area contributed by atoms with Gasteiger partial charge in [0.25, 0.3) is 5.91 Å². The zero-order chi connectivity index (χ0) is 17.5. The van der Waals surface area contributed by atoms with Crippen LogP contribution in [0.5, 0.6) is 0 Å². The number of halogens is 2. The van der Waals surface area contributed by atoms with Crippen molar-refractivity contribution in [1.29, 1.82) is 5.26 Å². The van der Waals surface area contributed by atoms with Crippen LogP contribution < -0.4 is 10.6 Å². The molecule has 2 aromatic carbocycles. The first-order chi connectivity index (χ1) is 11.5. The highest BCUT2D eigenvalue weighted by molar-refractivity contribution is 6.34. The average molecular weight is 346 g/mol. The molecule has 2 rings (SSSR count). The Morgan fingerprint density at radius 3 is 2.67 bits per heavy atom. The molecule has 122 valence electrons. The number of anilines is 1. The fraction of sp³-hybridized carbons (Fsp3) is 0.118. The zero-order valence-corrected chi connectivity index (χ0v) is 13.2. The summed E-state index contributed by atoms with van der Waals surface area (Å²) in [6.45, 7) is 0.213. The van der Waals surface area contributed by atoms with Gasteiger partial charge in [-0.25, -0.2) is 4.39 Å². The average Bonchev–Trinajstić information content (AvgIpc) is 2.53. The van der Waals surface area contributed by atoms with E-state index in [2.05, 4.69) is 10.6 Å². The Balaban J connectivity index is 2.08. The van der Waals surface area contributed by atoms with Crippen LogP contribution in [0.15, 0.2) is 42.5 Å². The minimum atomic E-state index is -0.708. The molecular weight excluding hydrogens is 333 g/mol. The van der Waals surface area contributed by atoms with Crippen LogP contribution in [0.25, 0.3) is 0 Å². The molecule has 0 aliphatic carbocycles. The van der Waals surface area contributed by atoms with E-state index in [1.807, 2.05) is 0 Å². The standard InChI is InChI=1S/C17H13ClFN3O2/c18-13-5-2-6-14(19)16(13)17(24)22-12-4-1-3-11(9-12)10-21-15(23)7-8-20/h1-6,9H,7,10H2,(H,21,23)(H,22,24). The van der Waals surface area contributed by atoms with Crippen molar-refractivity contribution in [2.45, 2.75) is 13.0 Å². The fourth-order valence-electron chi connectivity index (χ4n) is 2.00. The molecule has 0 atom stereocenters. The third kappa shape index (κ3) is 4.54. The molecule has 2 aromatic rings. The summed E-state index contributed by atoms with van der Waals surface area (Å²) in [5, 5.41) is 13.6. The number of nitrogens with zero attached hydrogens (tertiary/aromatic N) is 1. The predicted octanol–water partition coefficient (Wildman–Crippen LogP) is 3.26. The number of carbonyl (C=O) groups excluding carboxylic acids is 2. The van der Waals surface area contributed by atoms with E-state index in [9.17, 15) is 14.0 Å². The summed E-state index contributed by atoms with van der Waals surface area (Å²) in [4.78, 5) is 23.5. The molecule has 5 nitrogen and oxygen atoms in total. The number of amides is 2. The molecule has 0 radical (unpaired) electrons. The van der Waals surface area contributed by atoms with Crippen molar-refractivity contribution in [1.82, 2.24) is 5.32 Å². The van der Waals surface area contributed by atoms with Gasteiger partial charge in [-0.2, -0.15) is 5.26 Å². The Morgan fingerprint density at radius 1 is 1.21 bits per heavy atom. The summed E-state index contributed by atoms with van der Waals surface area (Å²) in [7, 11) is 0. The molecule has 7 heteroatoms. The highest BCUT2D eigenvalue weighted by Crippen LogP contribution is 2.21. The summed E-state index contributed by atoms with van der Waals surface area (Å²) in [5.41, 5.74) is 0.928. The monoisotopic (exact) mass is 345 g/mol. The number of carbonyl (C=O) groups is 2. The van der Waals surface area contributed by atoms with Crippen LogP contribution >= 0.6 is 11.6 Å². The van der Waals surface area contributed by atoms with Crippen LogP contribution in [-0.2, 0) is 11.3 Å². The van der Waals surface area contributed by atoms with E-state index in [4.69, 9.17) is 16.9 Å². The molecule has 2 amide bonds. The van der Waals surface area contributed by atoms with Crippen molar-refractivity contribution in [2.24, 2.45) is 0 Å². The minimum Gasteiger partial charge on any atom is -0.351 e. The lowest BCUT2D eigenvalue weighted by molar-refractivity contribution is -0.120. The van der Waals surface area contributed by atoms with Gasteiger partial charge in [-0.15, -0.1) is 0 Å². The summed E-state index contributed by atoms with van der Waals surface area (Å²) in [5.74, 6) is -1.76. The van der Waals surface area contributed by atoms with Crippen molar-refractivity contribution >= 4 is 29.1 Å². The van der Waals surface area contributed by atoms with Gasteiger partial charge in [0.2, 0.25) is 5.91 Å². The van der Waals surface area contributed by atoms with Crippen LogP contribution in [-0.4, -0.2) is 11.8 Å². The second-order valence-electron chi connectivity index (χ2n) is 4.86. The number of nitrogens with one attached hydrogen (secondary N) is 2. The molecule has 0 aliphatic heterocycles. The van der Waals surface area contributed by atoms with Crippen molar-refractivity contribution in [3.63, 3.8) is 0 Å². The molecule has 2 N–H and O–H groups in total. The van der Waals surface area contributed by atoms with Crippen LogP contribution in [0.2, 0.25) is 5.02 Å². The summed E-state index contributed by atoms with van der Waals surface area (Å²) < 4.78 is 13.7. The highest BCUT2D eigenvalue weighted by atomic mass is 35.5. The van der Waals surface area contributed by atoms with Crippen LogP contribution in [0.1, 0.15) is 22.3 Å². The van der Waals surface area contributed by atoms with Crippen molar-refractivity contribution in [3.8, 4) is 6.07 Å². The molecule has 0 aliphatic rings. The maximum Gasteiger partial charge on any atom is 0.260 e. The lowest BCUT2D eigenvalue weighted by Gasteiger charge is -2.09. The van der Waals surface area contributed by atoms with Crippen LogP contribution in [0, 0.1) is 17.1 Å². The topological polar surface area (TPSA) is 82.0 Å². The van der Waals surface area contributed by atoms with Crippen molar-refractivity contribution in [3.05, 3.63) is 64.4 Å². The van der Waals surface area contributed by atoms with E-state index in [0.717, 1.165) is 11.6 Å². The van der Waals surface area contributed by atoms with E-state index >= 15 is 0 Å². The molecule has 0 saturated heterocycles. The SMILES string of the molecule is N#CCC(=O)NCc1cccc(NC(=O)c2c(F)cccc2Cl)c1. The van der Waals surface area contributed by atoms with E-state index in [0.29, 0.717) is 5.69 Å². The van der Waals surface area contributed by atoms with Gasteiger partial charge in [-0.05, 0) is 29.8 Å². The first-order valence-corrected chi connectivity index (χ1v) is 7.37. The molecule has 0 saturated carbocycles. The number of benzene rings is 2. The second-order valence-corrected chi connectivity index (χ2v) is 5.27. The molecule has 0 heterocycles. The van der Waals surface area contributed by atoms with E-state index in [1.165, 1.54) is 12.1 Å². The van der Waals surface area contributed by atoms with Gasteiger partial charge in [0.05, 0.1) is 16.7 Å². The molecule has 0 bridgehead atoms. The van der Waals surface area contributed by atoms with E-state index in [-0.39, 0.29) is 29.5 Å². The molecule has 0 fully saturated rings. The van der Waals surface area contributed by atoms with Gasteiger partial charge in [0.15, 0.2) is 0 Å². The van der Waals surface area contributed by atoms with Crippen molar-refractivity contribution < 1.29 is 14.0 Å². The smallest absolute Gasteiger partial charge is 0.260 e. The first-order valence-electron chi connectivity index (χ1n) is 6.99. The first kappa shape index (κ1) is 17.4. The quantitative estimate of drug-likeness (QED) is 0.872. The zero-order valence-electron chi connectivity index (χ0n) is 12.5. The van der Waals surface area contributed by atoms with E-state index in [1.54, 1.807) is 30.3 Å². The van der Waals surface area contributed by atoms with Gasteiger partial charge >= 0.3 is 0 Å². The maximum atomic E-state index is 13.7. The highest BCUT2D eigenvalue weighted by Gasteiger charge is 2.15. The summed E-state index contributed by atoms with van der Waals surface area (Å²) >= 11 is 5.86. The van der Waals surface area contributed by atoms with Gasteiger partial charge in [-0.3, -0.25) is 9.59 Å². The minimum absolute atomic E-state index is 0.0208. The largest absolute Gasteiger partial charge is 0.351 e. The summed E-state index contributed by atoms with van der Waals surface area (Å²) in [6.07, 6.45) is -0.220. The predicted molar refractivity (Wildman–Crippen MR) is 87.9 cm³/mol. The number of nitriles is 1. The summed E-state index contributed by atoms with van der Waals surface area (Å²) in [6, 6.07) is 12.5. The fourth-order valence-corrected chi connectivity index (χ4v) is 2.25. The Bertz CT molecular complexity index is 797. The van der Waals surface area contributed by atoms with E-state index < -0.39 is 11.7 Å². The molecule has 24 heavy (non-hydrogen) atoms. The molecule has 0 spiro atoms. The van der Waals surface area contributed by atoms with Gasteiger partial charge in [0.1, 0.15) is 12.2 Å².